The Kier molecular flexibility index (Phi) is 4.75. The summed E-state index contributed by atoms with van der Waals surface area (Å²) in [4.78, 5) is 34.8. The molecule has 24 heavy (non-hydrogen) atoms. The van der Waals surface area contributed by atoms with Gasteiger partial charge in [0.15, 0.2) is 6.61 Å². The monoisotopic (exact) mass is 396 g/mol. The van der Waals surface area contributed by atoms with E-state index >= 15 is 0 Å². The number of benzene rings is 1. The van der Waals surface area contributed by atoms with Crippen molar-refractivity contribution in [3.8, 4) is 5.75 Å². The number of nitrogens with one attached hydrogen (secondary N) is 2. The van der Waals surface area contributed by atoms with E-state index < -0.39 is 5.97 Å². The van der Waals surface area contributed by atoms with Crippen molar-refractivity contribution >= 4 is 39.4 Å². The molecule has 0 spiro atoms. The van der Waals surface area contributed by atoms with Crippen LogP contribution in [0.4, 0.5) is 5.69 Å². The third-order valence-electron chi connectivity index (χ3n) is 4.36. The SMILES string of the molecule is O=C1COc2cc(C(=O)NC3CCC(C(=O)O)CC3)c(Br)cc2N1. The largest absolute Gasteiger partial charge is 0.482 e. The van der Waals surface area contributed by atoms with Gasteiger partial charge in [-0.05, 0) is 53.7 Å². The van der Waals surface area contributed by atoms with E-state index in [0.29, 0.717) is 47.2 Å². The maximum absolute atomic E-state index is 12.5. The van der Waals surface area contributed by atoms with Crippen molar-refractivity contribution in [1.29, 1.82) is 0 Å². The Morgan fingerprint density at radius 3 is 2.62 bits per heavy atom. The van der Waals surface area contributed by atoms with Crippen LogP contribution in [0.1, 0.15) is 36.0 Å². The highest BCUT2D eigenvalue weighted by molar-refractivity contribution is 9.10. The Bertz CT molecular complexity index is 698. The molecule has 2 aliphatic rings. The van der Waals surface area contributed by atoms with Gasteiger partial charge in [0.1, 0.15) is 5.75 Å². The van der Waals surface area contributed by atoms with Gasteiger partial charge >= 0.3 is 5.97 Å². The number of amides is 2. The fourth-order valence-electron chi connectivity index (χ4n) is 3.02. The first-order valence-corrected chi connectivity index (χ1v) is 8.53. The van der Waals surface area contributed by atoms with Gasteiger partial charge in [-0.2, -0.15) is 0 Å². The molecule has 1 fully saturated rings. The summed E-state index contributed by atoms with van der Waals surface area (Å²) < 4.78 is 5.89. The minimum atomic E-state index is -0.767. The lowest BCUT2D eigenvalue weighted by Crippen LogP contribution is -2.39. The second-order valence-corrected chi connectivity index (χ2v) is 6.88. The molecule has 1 aliphatic carbocycles. The van der Waals surface area contributed by atoms with Crippen LogP contribution < -0.4 is 15.4 Å². The number of aliphatic carboxylic acids is 1. The van der Waals surface area contributed by atoms with Gasteiger partial charge in [-0.3, -0.25) is 14.4 Å². The third-order valence-corrected chi connectivity index (χ3v) is 5.01. The van der Waals surface area contributed by atoms with Crippen LogP contribution in [0.15, 0.2) is 16.6 Å². The molecule has 0 aromatic heterocycles. The molecule has 0 unspecified atom stereocenters. The van der Waals surface area contributed by atoms with Crippen molar-refractivity contribution in [3.63, 3.8) is 0 Å². The molecule has 0 radical (unpaired) electrons. The van der Waals surface area contributed by atoms with Crippen molar-refractivity contribution in [3.05, 3.63) is 22.2 Å². The molecule has 1 aromatic rings. The van der Waals surface area contributed by atoms with Crippen molar-refractivity contribution in [1.82, 2.24) is 5.32 Å². The number of halogens is 1. The van der Waals surface area contributed by atoms with Gasteiger partial charge in [0, 0.05) is 10.5 Å². The first kappa shape index (κ1) is 16.8. The summed E-state index contributed by atoms with van der Waals surface area (Å²) in [6.07, 6.45) is 2.44. The molecular formula is C16H17BrN2O5. The van der Waals surface area contributed by atoms with Crippen LogP contribution in [0.25, 0.3) is 0 Å². The van der Waals surface area contributed by atoms with Gasteiger partial charge in [0.2, 0.25) is 0 Å². The maximum Gasteiger partial charge on any atom is 0.306 e. The standard InChI is InChI=1S/C16H17BrN2O5/c17-11-6-12-13(24-7-14(20)19-12)5-10(11)15(21)18-9-3-1-8(2-4-9)16(22)23/h5-6,8-9H,1-4,7H2,(H,18,21)(H,19,20)(H,22,23). The van der Waals surface area contributed by atoms with Crippen LogP contribution in [0.3, 0.4) is 0 Å². The van der Waals surface area contributed by atoms with E-state index in [2.05, 4.69) is 26.6 Å². The van der Waals surface area contributed by atoms with Crippen molar-refractivity contribution in [2.75, 3.05) is 11.9 Å². The summed E-state index contributed by atoms with van der Waals surface area (Å²) in [5.74, 6) is -1.11. The summed E-state index contributed by atoms with van der Waals surface area (Å²) >= 11 is 3.34. The number of hydrogen-bond acceptors (Lipinski definition) is 4. The Morgan fingerprint density at radius 2 is 1.96 bits per heavy atom. The van der Waals surface area contributed by atoms with E-state index in [4.69, 9.17) is 9.84 Å². The molecule has 1 aliphatic heterocycles. The third kappa shape index (κ3) is 3.53. The van der Waals surface area contributed by atoms with Gasteiger partial charge in [-0.25, -0.2) is 0 Å². The van der Waals surface area contributed by atoms with Gasteiger partial charge in [0.05, 0.1) is 17.2 Å². The number of anilines is 1. The molecular weight excluding hydrogens is 380 g/mol. The Labute approximate surface area is 146 Å². The lowest BCUT2D eigenvalue weighted by atomic mass is 9.86. The zero-order valence-electron chi connectivity index (χ0n) is 12.8. The molecule has 3 rings (SSSR count). The number of carbonyl (C=O) groups excluding carboxylic acids is 2. The zero-order valence-corrected chi connectivity index (χ0v) is 14.4. The highest BCUT2D eigenvalue weighted by atomic mass is 79.9. The summed E-state index contributed by atoms with van der Waals surface area (Å²) in [5, 5.41) is 14.6. The highest BCUT2D eigenvalue weighted by Gasteiger charge is 2.28. The molecule has 2 amide bonds. The number of hydrogen-bond donors (Lipinski definition) is 3. The molecule has 3 N–H and O–H groups in total. The maximum atomic E-state index is 12.5. The Morgan fingerprint density at radius 1 is 1.25 bits per heavy atom. The molecule has 0 saturated heterocycles. The quantitative estimate of drug-likeness (QED) is 0.725. The minimum absolute atomic E-state index is 0.0309. The van der Waals surface area contributed by atoms with Gasteiger partial charge in [0.25, 0.3) is 11.8 Å². The average molecular weight is 397 g/mol. The number of carboxylic acid groups (broad SMARTS) is 1. The molecule has 1 saturated carbocycles. The molecule has 0 atom stereocenters. The van der Waals surface area contributed by atoms with E-state index in [1.165, 1.54) is 0 Å². The fraction of sp³-hybridized carbons (Fsp3) is 0.438. The zero-order chi connectivity index (χ0) is 17.3. The van der Waals surface area contributed by atoms with Crippen molar-refractivity contribution < 1.29 is 24.2 Å². The Hall–Kier alpha value is -2.09. The number of carbonyl (C=O) groups is 3. The Balaban J connectivity index is 1.67. The number of ether oxygens (including phenoxy) is 1. The lowest BCUT2D eigenvalue weighted by molar-refractivity contribution is -0.142. The van der Waals surface area contributed by atoms with Crippen LogP contribution in [0, 0.1) is 5.92 Å². The summed E-state index contributed by atoms with van der Waals surface area (Å²) in [6.45, 7) is -0.0745. The van der Waals surface area contributed by atoms with Crippen molar-refractivity contribution in [2.45, 2.75) is 31.7 Å². The summed E-state index contributed by atoms with van der Waals surface area (Å²) in [6, 6.07) is 3.20. The van der Waals surface area contributed by atoms with Crippen LogP contribution in [-0.2, 0) is 9.59 Å². The van der Waals surface area contributed by atoms with Gasteiger partial charge in [-0.15, -0.1) is 0 Å². The van der Waals surface area contributed by atoms with E-state index in [-0.39, 0.29) is 30.4 Å². The predicted molar refractivity (Wildman–Crippen MR) is 89.1 cm³/mol. The van der Waals surface area contributed by atoms with Crippen LogP contribution in [0.5, 0.6) is 5.75 Å². The van der Waals surface area contributed by atoms with Gasteiger partial charge in [-0.1, -0.05) is 0 Å². The fourth-order valence-corrected chi connectivity index (χ4v) is 3.55. The summed E-state index contributed by atoms with van der Waals surface area (Å²) in [7, 11) is 0. The molecule has 0 bridgehead atoms. The molecule has 8 heteroatoms. The number of rotatable bonds is 3. The number of carboxylic acids is 1. The number of fused-ring (bicyclic) bond motifs is 1. The van der Waals surface area contributed by atoms with E-state index in [1.807, 2.05) is 0 Å². The second-order valence-electron chi connectivity index (χ2n) is 6.03. The second kappa shape index (κ2) is 6.80. The smallest absolute Gasteiger partial charge is 0.306 e. The molecule has 1 aromatic carbocycles. The van der Waals surface area contributed by atoms with E-state index in [9.17, 15) is 14.4 Å². The molecule has 1 heterocycles. The minimum Gasteiger partial charge on any atom is -0.482 e. The van der Waals surface area contributed by atoms with E-state index in [0.717, 1.165) is 0 Å². The van der Waals surface area contributed by atoms with Crippen LogP contribution >= 0.6 is 15.9 Å². The van der Waals surface area contributed by atoms with Gasteiger partial charge < -0.3 is 20.5 Å². The van der Waals surface area contributed by atoms with Crippen LogP contribution in [-0.4, -0.2) is 35.5 Å². The summed E-state index contributed by atoms with van der Waals surface area (Å²) in [5.41, 5.74) is 0.946. The topological polar surface area (TPSA) is 105 Å². The van der Waals surface area contributed by atoms with E-state index in [1.54, 1.807) is 12.1 Å². The molecule has 128 valence electrons. The van der Waals surface area contributed by atoms with Crippen molar-refractivity contribution in [2.24, 2.45) is 5.92 Å². The predicted octanol–water partition coefficient (Wildman–Crippen LogP) is 2.15. The first-order chi connectivity index (χ1) is 11.4. The average Bonchev–Trinajstić information content (AvgIpc) is 2.54. The lowest BCUT2D eigenvalue weighted by Gasteiger charge is -2.27. The van der Waals surface area contributed by atoms with Crippen LogP contribution in [0.2, 0.25) is 0 Å². The highest BCUT2D eigenvalue weighted by Crippen LogP contribution is 2.34. The normalized spacial score (nSPS) is 22.8. The molecule has 7 nitrogen and oxygen atoms in total. The first-order valence-electron chi connectivity index (χ1n) is 7.74.